The number of nitrogens with zero attached hydrogens (tertiary/aromatic N) is 1. The molecule has 0 saturated heterocycles. The average molecular weight is 303 g/mol. The van der Waals surface area contributed by atoms with Crippen molar-refractivity contribution >= 4 is 28.1 Å². The number of thiazole rings is 1. The molecule has 0 saturated carbocycles. The molecule has 21 heavy (non-hydrogen) atoms. The molecule has 0 radical (unpaired) electrons. The molecule has 1 amide bonds. The van der Waals surface area contributed by atoms with Crippen molar-refractivity contribution in [2.24, 2.45) is 5.92 Å². The standard InChI is InChI=1S/C15H17N3O2S/c1-7(2)13-14(19)17-10-6-9(4-5-11(10)20-13)12-8(3)21-15(16)18-12/h4-7,13H,1-3H3,(H2,16,18)(H,17,19). The largest absolute Gasteiger partial charge is 0.478 e. The van der Waals surface area contributed by atoms with Gasteiger partial charge >= 0.3 is 0 Å². The number of benzene rings is 1. The number of amides is 1. The van der Waals surface area contributed by atoms with Crippen molar-refractivity contribution in [2.45, 2.75) is 26.9 Å². The van der Waals surface area contributed by atoms with Gasteiger partial charge in [-0.05, 0) is 31.0 Å². The van der Waals surface area contributed by atoms with E-state index < -0.39 is 6.10 Å². The molecule has 1 aliphatic heterocycles. The Morgan fingerprint density at radius 1 is 1.43 bits per heavy atom. The number of hydrogen-bond donors (Lipinski definition) is 2. The predicted molar refractivity (Wildman–Crippen MR) is 84.6 cm³/mol. The van der Waals surface area contributed by atoms with E-state index in [1.54, 1.807) is 0 Å². The van der Waals surface area contributed by atoms with E-state index in [0.29, 0.717) is 16.6 Å². The van der Waals surface area contributed by atoms with Crippen LogP contribution in [0.5, 0.6) is 5.75 Å². The molecular formula is C15H17N3O2S. The van der Waals surface area contributed by atoms with Crippen molar-refractivity contribution in [3.8, 4) is 17.0 Å². The predicted octanol–water partition coefficient (Wildman–Crippen LogP) is 3.06. The highest BCUT2D eigenvalue weighted by Crippen LogP contribution is 2.37. The third kappa shape index (κ3) is 2.47. The summed E-state index contributed by atoms with van der Waals surface area (Å²) >= 11 is 1.45. The Kier molecular flexibility index (Phi) is 3.33. The van der Waals surface area contributed by atoms with Gasteiger partial charge in [0.1, 0.15) is 5.75 Å². The van der Waals surface area contributed by atoms with Crippen molar-refractivity contribution in [1.29, 1.82) is 0 Å². The van der Waals surface area contributed by atoms with Crippen LogP contribution in [-0.2, 0) is 4.79 Å². The molecule has 3 N–H and O–H groups in total. The van der Waals surface area contributed by atoms with Crippen LogP contribution in [0.2, 0.25) is 0 Å². The number of aryl methyl sites for hydroxylation is 1. The molecule has 3 rings (SSSR count). The number of carbonyl (C=O) groups is 1. The molecular weight excluding hydrogens is 286 g/mol. The van der Waals surface area contributed by atoms with Crippen LogP contribution in [0.15, 0.2) is 18.2 Å². The van der Waals surface area contributed by atoms with Crippen LogP contribution in [0.25, 0.3) is 11.3 Å². The van der Waals surface area contributed by atoms with Gasteiger partial charge in [0.2, 0.25) is 0 Å². The summed E-state index contributed by atoms with van der Waals surface area (Å²) in [6.45, 7) is 5.91. The second kappa shape index (κ2) is 5.04. The minimum absolute atomic E-state index is 0.107. The van der Waals surface area contributed by atoms with E-state index in [2.05, 4.69) is 10.3 Å². The third-order valence-corrected chi connectivity index (χ3v) is 4.24. The fraction of sp³-hybridized carbons (Fsp3) is 0.333. The lowest BCUT2D eigenvalue weighted by atomic mass is 10.0. The SMILES string of the molecule is Cc1sc(N)nc1-c1ccc2c(c1)NC(=O)C(C(C)C)O2. The summed E-state index contributed by atoms with van der Waals surface area (Å²) in [6.07, 6.45) is -0.444. The summed E-state index contributed by atoms with van der Waals surface area (Å²) in [6, 6.07) is 5.69. The van der Waals surface area contributed by atoms with E-state index in [9.17, 15) is 4.79 Å². The summed E-state index contributed by atoms with van der Waals surface area (Å²) < 4.78 is 5.78. The van der Waals surface area contributed by atoms with Crippen LogP contribution in [0, 0.1) is 12.8 Å². The molecule has 2 heterocycles. The van der Waals surface area contributed by atoms with E-state index in [1.165, 1.54) is 11.3 Å². The van der Waals surface area contributed by atoms with Crippen molar-refractivity contribution < 1.29 is 9.53 Å². The van der Waals surface area contributed by atoms with Crippen LogP contribution in [0.3, 0.4) is 0 Å². The molecule has 0 bridgehead atoms. The maximum atomic E-state index is 12.0. The Morgan fingerprint density at radius 2 is 2.19 bits per heavy atom. The van der Waals surface area contributed by atoms with Gasteiger partial charge in [0.25, 0.3) is 5.91 Å². The maximum Gasteiger partial charge on any atom is 0.265 e. The van der Waals surface area contributed by atoms with Gasteiger partial charge in [-0.3, -0.25) is 4.79 Å². The average Bonchev–Trinajstić information content (AvgIpc) is 2.76. The molecule has 6 heteroatoms. The summed E-state index contributed by atoms with van der Waals surface area (Å²) in [5.41, 5.74) is 8.19. The first kappa shape index (κ1) is 13.9. The lowest BCUT2D eigenvalue weighted by molar-refractivity contribution is -0.125. The Morgan fingerprint density at radius 3 is 2.81 bits per heavy atom. The van der Waals surface area contributed by atoms with Gasteiger partial charge in [0.15, 0.2) is 11.2 Å². The Bertz CT molecular complexity index is 709. The summed E-state index contributed by atoms with van der Waals surface area (Å²) in [4.78, 5) is 17.4. The molecule has 5 nitrogen and oxygen atoms in total. The fourth-order valence-electron chi connectivity index (χ4n) is 2.40. The number of anilines is 2. The zero-order valence-corrected chi connectivity index (χ0v) is 13.0. The maximum absolute atomic E-state index is 12.0. The Balaban J connectivity index is 1.98. The second-order valence-corrected chi connectivity index (χ2v) is 6.67. The first-order chi connectivity index (χ1) is 9.95. The van der Waals surface area contributed by atoms with Crippen molar-refractivity contribution in [3.63, 3.8) is 0 Å². The number of carbonyl (C=O) groups excluding carboxylic acids is 1. The van der Waals surface area contributed by atoms with E-state index in [-0.39, 0.29) is 11.8 Å². The van der Waals surface area contributed by atoms with Crippen LogP contribution >= 0.6 is 11.3 Å². The highest BCUT2D eigenvalue weighted by Gasteiger charge is 2.30. The summed E-state index contributed by atoms with van der Waals surface area (Å²) in [5, 5.41) is 3.45. The molecule has 1 atom stereocenters. The third-order valence-electron chi connectivity index (χ3n) is 3.44. The van der Waals surface area contributed by atoms with Gasteiger partial charge < -0.3 is 15.8 Å². The van der Waals surface area contributed by atoms with Crippen molar-refractivity contribution in [2.75, 3.05) is 11.1 Å². The molecule has 0 fully saturated rings. The van der Waals surface area contributed by atoms with Crippen LogP contribution in [0.1, 0.15) is 18.7 Å². The monoisotopic (exact) mass is 303 g/mol. The molecule has 1 aromatic heterocycles. The summed E-state index contributed by atoms with van der Waals surface area (Å²) in [5.74, 6) is 0.709. The number of ether oxygens (including phenoxy) is 1. The number of nitrogens with one attached hydrogen (secondary N) is 1. The molecule has 1 unspecified atom stereocenters. The lowest BCUT2D eigenvalue weighted by Gasteiger charge is -2.28. The zero-order valence-electron chi connectivity index (χ0n) is 12.1. The number of fused-ring (bicyclic) bond motifs is 1. The number of rotatable bonds is 2. The van der Waals surface area contributed by atoms with Crippen LogP contribution in [0.4, 0.5) is 10.8 Å². The first-order valence-corrected chi connectivity index (χ1v) is 7.62. The lowest BCUT2D eigenvalue weighted by Crippen LogP contribution is -2.40. The Labute approximate surface area is 127 Å². The molecule has 0 aliphatic carbocycles. The van der Waals surface area contributed by atoms with Gasteiger partial charge in [0, 0.05) is 10.4 Å². The van der Waals surface area contributed by atoms with Crippen LogP contribution in [-0.4, -0.2) is 17.0 Å². The molecule has 1 aliphatic rings. The number of hydrogen-bond acceptors (Lipinski definition) is 5. The normalized spacial score (nSPS) is 17.3. The molecule has 1 aromatic carbocycles. The van der Waals surface area contributed by atoms with Gasteiger partial charge in [-0.2, -0.15) is 0 Å². The zero-order chi connectivity index (χ0) is 15.1. The van der Waals surface area contributed by atoms with E-state index >= 15 is 0 Å². The van der Waals surface area contributed by atoms with Crippen molar-refractivity contribution in [1.82, 2.24) is 4.98 Å². The number of aromatic nitrogens is 1. The van der Waals surface area contributed by atoms with E-state index in [1.807, 2.05) is 39.0 Å². The molecule has 110 valence electrons. The number of nitrogens with two attached hydrogens (primary N) is 1. The fourth-order valence-corrected chi connectivity index (χ4v) is 3.11. The molecule has 0 spiro atoms. The highest BCUT2D eigenvalue weighted by atomic mass is 32.1. The topological polar surface area (TPSA) is 77.2 Å². The summed E-state index contributed by atoms with van der Waals surface area (Å²) in [7, 11) is 0. The van der Waals surface area contributed by atoms with Crippen molar-refractivity contribution in [3.05, 3.63) is 23.1 Å². The van der Waals surface area contributed by atoms with Gasteiger partial charge in [-0.25, -0.2) is 4.98 Å². The van der Waals surface area contributed by atoms with Crippen LogP contribution < -0.4 is 15.8 Å². The minimum Gasteiger partial charge on any atom is -0.478 e. The van der Waals surface area contributed by atoms with Gasteiger partial charge in [-0.1, -0.05) is 13.8 Å². The smallest absolute Gasteiger partial charge is 0.265 e. The molecule has 2 aromatic rings. The minimum atomic E-state index is -0.444. The van der Waals surface area contributed by atoms with E-state index in [0.717, 1.165) is 16.1 Å². The quantitative estimate of drug-likeness (QED) is 0.894. The highest BCUT2D eigenvalue weighted by molar-refractivity contribution is 7.15. The Hall–Kier alpha value is -2.08. The first-order valence-electron chi connectivity index (χ1n) is 6.80. The number of nitrogen functional groups attached to an aromatic ring is 1. The second-order valence-electron chi connectivity index (χ2n) is 5.44. The van der Waals surface area contributed by atoms with Gasteiger partial charge in [0.05, 0.1) is 11.4 Å². The van der Waals surface area contributed by atoms with Gasteiger partial charge in [-0.15, -0.1) is 11.3 Å². The van der Waals surface area contributed by atoms with E-state index in [4.69, 9.17) is 10.5 Å².